The average molecular weight is 261 g/mol. The third-order valence-electron chi connectivity index (χ3n) is 3.94. The molecule has 106 valence electrons. The fraction of sp³-hybridized carbons (Fsp3) is 0.688. The van der Waals surface area contributed by atoms with Crippen molar-refractivity contribution in [1.82, 2.24) is 4.98 Å². The summed E-state index contributed by atoms with van der Waals surface area (Å²) >= 11 is 0. The Kier molecular flexibility index (Phi) is 5.49. The Morgan fingerprint density at radius 3 is 3.00 bits per heavy atom. The second-order valence-electron chi connectivity index (χ2n) is 5.81. The molecule has 1 heterocycles. The normalized spacial score (nSPS) is 23.7. The van der Waals surface area contributed by atoms with Crippen LogP contribution in [0.2, 0.25) is 0 Å². The second-order valence-corrected chi connectivity index (χ2v) is 5.81. The molecule has 1 saturated carbocycles. The van der Waals surface area contributed by atoms with Crippen LogP contribution in [0.15, 0.2) is 18.3 Å². The average Bonchev–Trinajstić information content (AvgIpc) is 2.62. The number of rotatable bonds is 5. The molecule has 0 aromatic carbocycles. The van der Waals surface area contributed by atoms with Gasteiger partial charge in [0.05, 0.1) is 0 Å². The topological polar surface area (TPSA) is 37.0 Å². The minimum atomic E-state index is 0.631. The molecule has 3 nitrogen and oxygen atoms in total. The summed E-state index contributed by atoms with van der Waals surface area (Å²) in [4.78, 5) is 4.35. The van der Waals surface area contributed by atoms with Crippen molar-refractivity contribution in [3.8, 4) is 0 Å². The standard InChI is InChI=1S/C16H27N3/c1-3-10-17-16-12-15(9-11-18-16)19-14-6-4-5-13(2)7-8-14/h9,11-14H,3-8,10H2,1-2H3,(H2,17,18,19). The van der Waals surface area contributed by atoms with E-state index in [-0.39, 0.29) is 0 Å². The van der Waals surface area contributed by atoms with Crippen LogP contribution in [0.3, 0.4) is 0 Å². The molecule has 0 radical (unpaired) electrons. The van der Waals surface area contributed by atoms with Crippen molar-refractivity contribution in [2.75, 3.05) is 17.2 Å². The van der Waals surface area contributed by atoms with E-state index in [4.69, 9.17) is 0 Å². The fourth-order valence-corrected chi connectivity index (χ4v) is 2.74. The van der Waals surface area contributed by atoms with Crippen LogP contribution in [0.5, 0.6) is 0 Å². The number of nitrogens with one attached hydrogen (secondary N) is 2. The Morgan fingerprint density at radius 2 is 2.16 bits per heavy atom. The molecule has 1 aliphatic carbocycles. The van der Waals surface area contributed by atoms with Crippen molar-refractivity contribution >= 4 is 11.5 Å². The Morgan fingerprint density at radius 1 is 1.26 bits per heavy atom. The summed E-state index contributed by atoms with van der Waals surface area (Å²) in [5.74, 6) is 1.87. The van der Waals surface area contributed by atoms with Crippen molar-refractivity contribution in [3.63, 3.8) is 0 Å². The highest BCUT2D eigenvalue weighted by molar-refractivity contribution is 5.52. The lowest BCUT2D eigenvalue weighted by Gasteiger charge is -2.18. The van der Waals surface area contributed by atoms with E-state index in [2.05, 4.69) is 41.6 Å². The number of nitrogens with zero attached hydrogens (tertiary/aromatic N) is 1. The molecule has 19 heavy (non-hydrogen) atoms. The van der Waals surface area contributed by atoms with Gasteiger partial charge in [-0.05, 0) is 37.7 Å². The third-order valence-corrected chi connectivity index (χ3v) is 3.94. The zero-order valence-electron chi connectivity index (χ0n) is 12.3. The minimum Gasteiger partial charge on any atom is -0.382 e. The smallest absolute Gasteiger partial charge is 0.127 e. The number of hydrogen-bond acceptors (Lipinski definition) is 3. The van der Waals surface area contributed by atoms with Crippen molar-refractivity contribution in [1.29, 1.82) is 0 Å². The van der Waals surface area contributed by atoms with Crippen LogP contribution >= 0.6 is 0 Å². The number of hydrogen-bond donors (Lipinski definition) is 2. The largest absolute Gasteiger partial charge is 0.382 e. The van der Waals surface area contributed by atoms with Gasteiger partial charge in [-0.1, -0.05) is 26.7 Å². The molecular formula is C16H27N3. The predicted molar refractivity (Wildman–Crippen MR) is 82.7 cm³/mol. The maximum atomic E-state index is 4.35. The maximum absolute atomic E-state index is 4.35. The lowest BCUT2D eigenvalue weighted by atomic mass is 10.0. The second kappa shape index (κ2) is 7.37. The van der Waals surface area contributed by atoms with Crippen LogP contribution < -0.4 is 10.6 Å². The Labute approximate surface area is 117 Å². The van der Waals surface area contributed by atoms with E-state index in [0.717, 1.165) is 24.7 Å². The first-order chi connectivity index (χ1) is 9.28. The van der Waals surface area contributed by atoms with Crippen molar-refractivity contribution in [2.45, 2.75) is 58.4 Å². The Balaban J connectivity index is 1.90. The van der Waals surface area contributed by atoms with Gasteiger partial charge in [0.25, 0.3) is 0 Å². The summed E-state index contributed by atoms with van der Waals surface area (Å²) in [6.07, 6.45) is 9.69. The summed E-state index contributed by atoms with van der Waals surface area (Å²) in [5, 5.41) is 7.02. The van der Waals surface area contributed by atoms with E-state index >= 15 is 0 Å². The first-order valence-electron chi connectivity index (χ1n) is 7.74. The van der Waals surface area contributed by atoms with Gasteiger partial charge in [0.1, 0.15) is 5.82 Å². The highest BCUT2D eigenvalue weighted by Gasteiger charge is 2.15. The highest BCUT2D eigenvalue weighted by atomic mass is 15.0. The van der Waals surface area contributed by atoms with E-state index in [1.165, 1.54) is 37.8 Å². The van der Waals surface area contributed by atoms with Gasteiger partial charge in [0.15, 0.2) is 0 Å². The maximum Gasteiger partial charge on any atom is 0.127 e. The summed E-state index contributed by atoms with van der Waals surface area (Å²) < 4.78 is 0. The first-order valence-corrected chi connectivity index (χ1v) is 7.74. The Bertz CT molecular complexity index is 378. The molecule has 0 bridgehead atoms. The lowest BCUT2D eigenvalue weighted by Crippen LogP contribution is -2.18. The molecule has 0 amide bonds. The van der Waals surface area contributed by atoms with Crippen molar-refractivity contribution in [2.24, 2.45) is 5.92 Å². The molecule has 2 rings (SSSR count). The molecule has 2 N–H and O–H groups in total. The summed E-state index contributed by atoms with van der Waals surface area (Å²) in [6, 6.07) is 4.83. The van der Waals surface area contributed by atoms with E-state index in [9.17, 15) is 0 Å². The minimum absolute atomic E-state index is 0.631. The van der Waals surface area contributed by atoms with Gasteiger partial charge in [-0.25, -0.2) is 4.98 Å². The van der Waals surface area contributed by atoms with E-state index in [1.54, 1.807) is 0 Å². The fourth-order valence-electron chi connectivity index (χ4n) is 2.74. The zero-order chi connectivity index (χ0) is 13.5. The van der Waals surface area contributed by atoms with Gasteiger partial charge in [-0.3, -0.25) is 0 Å². The number of anilines is 2. The lowest BCUT2D eigenvalue weighted by molar-refractivity contribution is 0.502. The molecule has 2 atom stereocenters. The predicted octanol–water partition coefficient (Wildman–Crippen LogP) is 4.28. The molecule has 0 aliphatic heterocycles. The van der Waals surface area contributed by atoms with E-state index in [1.807, 2.05) is 6.20 Å². The van der Waals surface area contributed by atoms with Gasteiger partial charge in [-0.2, -0.15) is 0 Å². The van der Waals surface area contributed by atoms with Crippen LogP contribution in [-0.4, -0.2) is 17.6 Å². The Hall–Kier alpha value is -1.25. The molecule has 3 heteroatoms. The highest BCUT2D eigenvalue weighted by Crippen LogP contribution is 2.25. The van der Waals surface area contributed by atoms with Gasteiger partial charge >= 0.3 is 0 Å². The van der Waals surface area contributed by atoms with E-state index < -0.39 is 0 Å². The first kappa shape index (κ1) is 14.2. The van der Waals surface area contributed by atoms with Crippen LogP contribution in [0.25, 0.3) is 0 Å². The monoisotopic (exact) mass is 261 g/mol. The van der Waals surface area contributed by atoms with Crippen molar-refractivity contribution in [3.05, 3.63) is 18.3 Å². The molecule has 1 fully saturated rings. The quantitative estimate of drug-likeness (QED) is 0.777. The van der Waals surface area contributed by atoms with Crippen LogP contribution in [0.4, 0.5) is 11.5 Å². The van der Waals surface area contributed by atoms with Gasteiger partial charge in [0, 0.05) is 30.5 Å². The van der Waals surface area contributed by atoms with Crippen LogP contribution in [0, 0.1) is 5.92 Å². The molecule has 1 aromatic heterocycles. The summed E-state index contributed by atoms with van der Waals surface area (Å²) in [7, 11) is 0. The third kappa shape index (κ3) is 4.73. The van der Waals surface area contributed by atoms with Gasteiger partial charge in [0.2, 0.25) is 0 Å². The van der Waals surface area contributed by atoms with Crippen LogP contribution in [0.1, 0.15) is 52.4 Å². The van der Waals surface area contributed by atoms with E-state index in [0.29, 0.717) is 6.04 Å². The molecule has 1 aromatic rings. The molecule has 2 unspecified atom stereocenters. The number of aromatic nitrogens is 1. The SMILES string of the molecule is CCCNc1cc(NC2CCCC(C)CC2)ccn1. The molecule has 0 saturated heterocycles. The summed E-state index contributed by atoms with van der Waals surface area (Å²) in [5.41, 5.74) is 1.20. The molecular weight excluding hydrogens is 234 g/mol. The molecule has 1 aliphatic rings. The summed E-state index contributed by atoms with van der Waals surface area (Å²) in [6.45, 7) is 5.53. The number of pyridine rings is 1. The van der Waals surface area contributed by atoms with Gasteiger partial charge in [-0.15, -0.1) is 0 Å². The van der Waals surface area contributed by atoms with Crippen LogP contribution in [-0.2, 0) is 0 Å². The van der Waals surface area contributed by atoms with Gasteiger partial charge < -0.3 is 10.6 Å². The zero-order valence-corrected chi connectivity index (χ0v) is 12.3. The molecule has 0 spiro atoms. The van der Waals surface area contributed by atoms with Crippen molar-refractivity contribution < 1.29 is 0 Å².